The van der Waals surface area contributed by atoms with Crippen molar-refractivity contribution in [1.82, 2.24) is 9.88 Å². The van der Waals surface area contributed by atoms with E-state index < -0.39 is 35.0 Å². The zero-order valence-corrected chi connectivity index (χ0v) is 21.6. The number of alkyl halides is 1. The summed E-state index contributed by atoms with van der Waals surface area (Å²) in [6.07, 6.45) is 2.31. The number of pyridine rings is 1. The van der Waals surface area contributed by atoms with Crippen LogP contribution < -0.4 is 4.74 Å². The first-order valence-corrected chi connectivity index (χ1v) is 12.8. The number of aryl methyl sites for hydroxylation is 2. The monoisotopic (exact) mass is 532 g/mol. The maximum absolute atomic E-state index is 15.7. The Labute approximate surface area is 219 Å². The van der Waals surface area contributed by atoms with Crippen LogP contribution >= 0.6 is 0 Å². The van der Waals surface area contributed by atoms with Gasteiger partial charge in [0.25, 0.3) is 0 Å². The van der Waals surface area contributed by atoms with E-state index in [2.05, 4.69) is 9.88 Å². The Morgan fingerprint density at radius 3 is 2.47 bits per heavy atom. The van der Waals surface area contributed by atoms with E-state index in [-0.39, 0.29) is 12.8 Å². The summed E-state index contributed by atoms with van der Waals surface area (Å²) in [4.78, 5) is 18.8. The van der Waals surface area contributed by atoms with Crippen LogP contribution in [-0.2, 0) is 11.2 Å². The van der Waals surface area contributed by atoms with E-state index in [0.29, 0.717) is 78.7 Å². The summed E-state index contributed by atoms with van der Waals surface area (Å²) >= 11 is 0. The number of hydrogen-bond donors (Lipinski definition) is 1. The van der Waals surface area contributed by atoms with Gasteiger partial charge in [-0.2, -0.15) is 0 Å². The molecule has 0 spiro atoms. The normalized spacial score (nSPS) is 16.5. The van der Waals surface area contributed by atoms with Gasteiger partial charge in [-0.25, -0.2) is 17.6 Å². The minimum atomic E-state index is -1.47. The maximum Gasteiger partial charge on any atom is 0.309 e. The standard InChI is InChI=1S/C29H32F4N2O3/c1-18-17-34-25-6-5-20(38-2)16-21(25)26(18)22(30)7-8-29(28(36)37)9-12-35(13-10-29)11-3-4-19-14-23(31)27(33)24(32)15-19/h5-6,14-17,22H,3-4,7-13H2,1-2H3,(H,36,37). The Balaban J connectivity index is 1.36. The number of carboxylic acid groups (broad SMARTS) is 1. The molecule has 1 aliphatic rings. The van der Waals surface area contributed by atoms with E-state index in [9.17, 15) is 23.1 Å². The quantitative estimate of drug-likeness (QED) is 0.237. The molecule has 2 aromatic carbocycles. The first-order valence-electron chi connectivity index (χ1n) is 12.8. The number of halogens is 4. The minimum absolute atomic E-state index is 0.0746. The van der Waals surface area contributed by atoms with Gasteiger partial charge in [0.1, 0.15) is 11.9 Å². The lowest BCUT2D eigenvalue weighted by atomic mass is 9.74. The van der Waals surface area contributed by atoms with Gasteiger partial charge in [0.2, 0.25) is 0 Å². The fraction of sp³-hybridized carbons (Fsp3) is 0.448. The van der Waals surface area contributed by atoms with Gasteiger partial charge in [0.15, 0.2) is 17.5 Å². The molecule has 204 valence electrons. The van der Waals surface area contributed by atoms with Crippen molar-refractivity contribution in [2.75, 3.05) is 26.7 Å². The SMILES string of the molecule is COc1ccc2ncc(C)c(C(F)CCC3(C(=O)O)CCN(CCCc4cc(F)c(F)c(F)c4)CC3)c2c1. The number of hydrogen-bond acceptors (Lipinski definition) is 4. The average molecular weight is 533 g/mol. The number of likely N-dealkylation sites (tertiary alicyclic amines) is 1. The van der Waals surface area contributed by atoms with Gasteiger partial charge in [-0.15, -0.1) is 0 Å². The second-order valence-electron chi connectivity index (χ2n) is 10.1. The van der Waals surface area contributed by atoms with Crippen LogP contribution in [0.4, 0.5) is 17.6 Å². The van der Waals surface area contributed by atoms with Crippen LogP contribution in [0.15, 0.2) is 36.5 Å². The highest BCUT2D eigenvalue weighted by atomic mass is 19.2. The molecule has 0 aliphatic carbocycles. The summed E-state index contributed by atoms with van der Waals surface area (Å²) in [7, 11) is 1.54. The second-order valence-corrected chi connectivity index (χ2v) is 10.1. The number of benzene rings is 2. The zero-order valence-electron chi connectivity index (χ0n) is 21.6. The van der Waals surface area contributed by atoms with Crippen LogP contribution in [0.2, 0.25) is 0 Å². The molecule has 4 rings (SSSR count). The molecule has 1 aliphatic heterocycles. The van der Waals surface area contributed by atoms with E-state index in [1.54, 1.807) is 38.4 Å². The molecule has 38 heavy (non-hydrogen) atoms. The molecule has 0 amide bonds. The third-order valence-corrected chi connectivity index (χ3v) is 7.76. The molecule has 9 heteroatoms. The topological polar surface area (TPSA) is 62.7 Å². The number of aliphatic carboxylic acids is 1. The maximum atomic E-state index is 15.7. The van der Waals surface area contributed by atoms with E-state index in [1.807, 2.05) is 0 Å². The van der Waals surface area contributed by atoms with Crippen LogP contribution in [0.5, 0.6) is 5.75 Å². The Bertz CT molecular complexity index is 1290. The van der Waals surface area contributed by atoms with Gasteiger partial charge < -0.3 is 14.7 Å². The largest absolute Gasteiger partial charge is 0.497 e. The third kappa shape index (κ3) is 5.93. The molecule has 1 saturated heterocycles. The van der Waals surface area contributed by atoms with Gasteiger partial charge in [0.05, 0.1) is 18.0 Å². The smallest absolute Gasteiger partial charge is 0.309 e. The van der Waals surface area contributed by atoms with Crippen molar-refractivity contribution in [2.45, 2.75) is 51.6 Å². The molecule has 2 heterocycles. The summed E-state index contributed by atoms with van der Waals surface area (Å²) in [5.41, 5.74) is 1.24. The van der Waals surface area contributed by atoms with Crippen molar-refractivity contribution in [1.29, 1.82) is 0 Å². The van der Waals surface area contributed by atoms with Crippen LogP contribution in [0.1, 0.15) is 55.0 Å². The van der Waals surface area contributed by atoms with Crippen LogP contribution in [-0.4, -0.2) is 47.7 Å². The fourth-order valence-corrected chi connectivity index (χ4v) is 5.42. The number of carboxylic acids is 1. The number of nitrogens with zero attached hydrogens (tertiary/aromatic N) is 2. The van der Waals surface area contributed by atoms with Gasteiger partial charge >= 0.3 is 5.97 Å². The molecule has 0 radical (unpaired) electrons. The first kappa shape index (κ1) is 27.8. The number of carbonyl (C=O) groups is 1. The molecule has 0 bridgehead atoms. The van der Waals surface area contributed by atoms with Gasteiger partial charge in [-0.1, -0.05) is 0 Å². The lowest BCUT2D eigenvalue weighted by Gasteiger charge is -2.39. The number of methoxy groups -OCH3 is 1. The zero-order chi connectivity index (χ0) is 27.4. The van der Waals surface area contributed by atoms with Crippen LogP contribution in [0, 0.1) is 29.8 Å². The second kappa shape index (κ2) is 11.7. The number of ether oxygens (including phenoxy) is 1. The summed E-state index contributed by atoms with van der Waals surface area (Å²) in [5.74, 6) is -4.20. The van der Waals surface area contributed by atoms with Crippen LogP contribution in [0.25, 0.3) is 10.9 Å². The predicted molar refractivity (Wildman–Crippen MR) is 136 cm³/mol. The Hall–Kier alpha value is -3.20. The van der Waals surface area contributed by atoms with E-state index >= 15 is 4.39 Å². The number of piperidine rings is 1. The van der Waals surface area contributed by atoms with Crippen molar-refractivity contribution in [3.8, 4) is 5.75 Å². The molecule has 1 unspecified atom stereocenters. The van der Waals surface area contributed by atoms with E-state index in [0.717, 1.165) is 12.1 Å². The summed E-state index contributed by atoms with van der Waals surface area (Å²) in [6, 6.07) is 7.31. The highest BCUT2D eigenvalue weighted by Gasteiger charge is 2.41. The van der Waals surface area contributed by atoms with Crippen molar-refractivity contribution in [3.05, 3.63) is 70.7 Å². The molecule has 1 atom stereocenters. The molecular formula is C29H32F4N2O3. The number of rotatable bonds is 10. The molecule has 3 aromatic rings. The molecule has 1 fully saturated rings. The van der Waals surface area contributed by atoms with Gasteiger partial charge in [0, 0.05) is 11.6 Å². The van der Waals surface area contributed by atoms with Crippen molar-refractivity contribution in [3.63, 3.8) is 0 Å². The van der Waals surface area contributed by atoms with E-state index in [4.69, 9.17) is 4.74 Å². The molecule has 1 aromatic heterocycles. The highest BCUT2D eigenvalue weighted by Crippen LogP contribution is 2.41. The fourth-order valence-electron chi connectivity index (χ4n) is 5.42. The number of fused-ring (bicyclic) bond motifs is 1. The Kier molecular flexibility index (Phi) is 8.55. The van der Waals surface area contributed by atoms with Crippen molar-refractivity contribution < 1.29 is 32.2 Å². The molecule has 0 saturated carbocycles. The minimum Gasteiger partial charge on any atom is -0.497 e. The Morgan fingerprint density at radius 2 is 1.84 bits per heavy atom. The molecule has 1 N–H and O–H groups in total. The predicted octanol–water partition coefficient (Wildman–Crippen LogP) is 6.56. The van der Waals surface area contributed by atoms with E-state index in [1.165, 1.54) is 0 Å². The molecular weight excluding hydrogens is 500 g/mol. The highest BCUT2D eigenvalue weighted by molar-refractivity contribution is 5.85. The summed E-state index contributed by atoms with van der Waals surface area (Å²) in [5, 5.41) is 10.7. The lowest BCUT2D eigenvalue weighted by molar-refractivity contribution is -0.153. The third-order valence-electron chi connectivity index (χ3n) is 7.76. The lowest BCUT2D eigenvalue weighted by Crippen LogP contribution is -2.44. The van der Waals surface area contributed by atoms with Crippen LogP contribution in [0.3, 0.4) is 0 Å². The summed E-state index contributed by atoms with van der Waals surface area (Å²) in [6.45, 7) is 3.48. The van der Waals surface area contributed by atoms with Gasteiger partial charge in [-0.05, 0) is 112 Å². The van der Waals surface area contributed by atoms with Crippen molar-refractivity contribution in [2.24, 2.45) is 5.41 Å². The Morgan fingerprint density at radius 1 is 1.16 bits per heavy atom. The molecule has 5 nitrogen and oxygen atoms in total. The summed E-state index contributed by atoms with van der Waals surface area (Å²) < 4.78 is 61.0. The van der Waals surface area contributed by atoms with Gasteiger partial charge in [-0.3, -0.25) is 9.78 Å². The average Bonchev–Trinajstić information content (AvgIpc) is 2.90. The van der Waals surface area contributed by atoms with Crippen molar-refractivity contribution >= 4 is 16.9 Å². The number of aromatic nitrogens is 1. The first-order chi connectivity index (χ1) is 18.1.